The Balaban J connectivity index is 1.80. The van der Waals surface area contributed by atoms with E-state index in [1.807, 2.05) is 54.0 Å². The van der Waals surface area contributed by atoms with Crippen molar-refractivity contribution in [1.29, 1.82) is 0 Å². The molecule has 1 atom stereocenters. The van der Waals surface area contributed by atoms with Gasteiger partial charge >= 0.3 is 0 Å². The maximum atomic E-state index is 13.1. The lowest BCUT2D eigenvalue weighted by molar-refractivity contribution is -0.133. The summed E-state index contributed by atoms with van der Waals surface area (Å²) in [5, 5.41) is 0.916. The number of hydrogen-bond donors (Lipinski definition) is 0. The summed E-state index contributed by atoms with van der Waals surface area (Å²) in [6.45, 7) is 7.68. The van der Waals surface area contributed by atoms with E-state index in [1.54, 1.807) is 0 Å². The second-order valence-electron chi connectivity index (χ2n) is 6.93. The fourth-order valence-corrected chi connectivity index (χ4v) is 4.55. The van der Waals surface area contributed by atoms with Gasteiger partial charge in [0.15, 0.2) is 0 Å². The van der Waals surface area contributed by atoms with Crippen molar-refractivity contribution in [3.63, 3.8) is 0 Å². The Bertz CT molecular complexity index is 803. The number of nitrogens with zero attached hydrogens (tertiary/aromatic N) is 3. The largest absolute Gasteiger partial charge is 0.335 e. The van der Waals surface area contributed by atoms with Gasteiger partial charge in [0.25, 0.3) is 5.91 Å². The molecule has 1 fully saturated rings. The molecule has 5 nitrogen and oxygen atoms in total. The zero-order chi connectivity index (χ0) is 19.4. The maximum absolute atomic E-state index is 13.1. The number of amides is 2. The lowest BCUT2D eigenvalue weighted by Crippen LogP contribution is -2.43. The van der Waals surface area contributed by atoms with Crippen molar-refractivity contribution in [1.82, 2.24) is 14.8 Å². The Morgan fingerprint density at radius 2 is 2.00 bits per heavy atom. The second-order valence-corrected chi connectivity index (χ2v) is 8.14. The molecule has 0 bridgehead atoms. The van der Waals surface area contributed by atoms with Gasteiger partial charge in [-0.05, 0) is 25.3 Å². The normalized spacial score (nSPS) is 17.9. The first kappa shape index (κ1) is 19.5. The van der Waals surface area contributed by atoms with E-state index in [0.717, 1.165) is 34.0 Å². The molecule has 1 aromatic carbocycles. The summed E-state index contributed by atoms with van der Waals surface area (Å²) in [7, 11) is 0. The van der Waals surface area contributed by atoms with E-state index in [-0.39, 0.29) is 17.9 Å². The van der Waals surface area contributed by atoms with Crippen LogP contribution < -0.4 is 0 Å². The molecule has 2 heterocycles. The van der Waals surface area contributed by atoms with Gasteiger partial charge in [0.2, 0.25) is 5.91 Å². The van der Waals surface area contributed by atoms with Crippen molar-refractivity contribution in [3.05, 3.63) is 51.5 Å². The van der Waals surface area contributed by atoms with Crippen LogP contribution >= 0.6 is 11.3 Å². The number of aromatic nitrogens is 1. The highest BCUT2D eigenvalue weighted by molar-refractivity contribution is 7.13. The average Bonchev–Trinajstić information content (AvgIpc) is 2.99. The fraction of sp³-hybridized carbons (Fsp3) is 0.476. The quantitative estimate of drug-likeness (QED) is 0.789. The minimum atomic E-state index is 0.0188. The van der Waals surface area contributed by atoms with Crippen molar-refractivity contribution in [2.24, 2.45) is 0 Å². The highest BCUT2D eigenvalue weighted by Crippen LogP contribution is 2.24. The van der Waals surface area contributed by atoms with Crippen LogP contribution in [0.3, 0.4) is 0 Å². The first-order chi connectivity index (χ1) is 13.0. The topological polar surface area (TPSA) is 53.5 Å². The third kappa shape index (κ3) is 4.38. The predicted octanol–water partition coefficient (Wildman–Crippen LogP) is 3.67. The van der Waals surface area contributed by atoms with Crippen LogP contribution in [-0.4, -0.2) is 45.7 Å². The molecule has 144 valence electrons. The van der Waals surface area contributed by atoms with E-state index in [1.165, 1.54) is 11.3 Å². The smallest absolute Gasteiger partial charge is 0.265 e. The van der Waals surface area contributed by atoms with Crippen molar-refractivity contribution in [2.75, 3.05) is 13.1 Å². The van der Waals surface area contributed by atoms with Crippen molar-refractivity contribution < 1.29 is 9.59 Å². The number of rotatable bonds is 5. The summed E-state index contributed by atoms with van der Waals surface area (Å²) < 4.78 is 0. The Hall–Kier alpha value is -2.21. The highest BCUT2D eigenvalue weighted by atomic mass is 32.1. The van der Waals surface area contributed by atoms with Crippen molar-refractivity contribution in [3.8, 4) is 0 Å². The van der Waals surface area contributed by atoms with E-state index in [9.17, 15) is 9.59 Å². The number of benzene rings is 1. The van der Waals surface area contributed by atoms with Crippen LogP contribution in [0.15, 0.2) is 30.3 Å². The SMILES string of the molecule is CCc1nc(C)sc1C(=O)N1CCC(=O)N(Cc2ccccc2)[C@H](CC)C1. The van der Waals surface area contributed by atoms with Gasteiger partial charge in [0.1, 0.15) is 4.88 Å². The monoisotopic (exact) mass is 385 g/mol. The molecule has 2 aromatic rings. The van der Waals surface area contributed by atoms with Crippen LogP contribution in [0.25, 0.3) is 0 Å². The molecule has 0 unspecified atom stereocenters. The van der Waals surface area contributed by atoms with Crippen molar-refractivity contribution in [2.45, 2.75) is 52.6 Å². The minimum Gasteiger partial charge on any atom is -0.335 e. The lowest BCUT2D eigenvalue weighted by atomic mass is 10.1. The van der Waals surface area contributed by atoms with Crippen LogP contribution in [0.4, 0.5) is 0 Å². The Labute approximate surface area is 165 Å². The van der Waals surface area contributed by atoms with Crippen LogP contribution in [0.2, 0.25) is 0 Å². The lowest BCUT2D eigenvalue weighted by Gasteiger charge is -2.31. The van der Waals surface area contributed by atoms with Crippen LogP contribution in [-0.2, 0) is 17.8 Å². The minimum absolute atomic E-state index is 0.0188. The van der Waals surface area contributed by atoms with Gasteiger partial charge in [0, 0.05) is 32.1 Å². The summed E-state index contributed by atoms with van der Waals surface area (Å²) in [5.74, 6) is 0.141. The molecule has 0 spiro atoms. The third-order valence-corrected chi connectivity index (χ3v) is 6.08. The molecular weight excluding hydrogens is 358 g/mol. The van der Waals surface area contributed by atoms with Crippen LogP contribution in [0.1, 0.15) is 52.6 Å². The van der Waals surface area contributed by atoms with E-state index < -0.39 is 0 Å². The van der Waals surface area contributed by atoms with Gasteiger partial charge < -0.3 is 9.80 Å². The predicted molar refractivity (Wildman–Crippen MR) is 108 cm³/mol. The fourth-order valence-electron chi connectivity index (χ4n) is 3.57. The Morgan fingerprint density at radius 1 is 1.26 bits per heavy atom. The summed E-state index contributed by atoms with van der Waals surface area (Å²) in [4.78, 5) is 35.0. The molecule has 27 heavy (non-hydrogen) atoms. The van der Waals surface area contributed by atoms with E-state index in [2.05, 4.69) is 11.9 Å². The summed E-state index contributed by atoms with van der Waals surface area (Å²) >= 11 is 1.46. The summed E-state index contributed by atoms with van der Waals surface area (Å²) in [5.41, 5.74) is 1.99. The average molecular weight is 386 g/mol. The summed E-state index contributed by atoms with van der Waals surface area (Å²) in [6, 6.07) is 10.1. The number of aryl methyl sites for hydroxylation is 2. The van der Waals surface area contributed by atoms with Gasteiger partial charge in [0.05, 0.1) is 10.7 Å². The molecule has 1 saturated heterocycles. The molecule has 1 aliphatic heterocycles. The van der Waals surface area contributed by atoms with E-state index >= 15 is 0 Å². The zero-order valence-corrected chi connectivity index (χ0v) is 17.1. The Kier molecular flexibility index (Phi) is 6.26. The van der Waals surface area contributed by atoms with Gasteiger partial charge in [-0.25, -0.2) is 4.98 Å². The molecule has 0 radical (unpaired) electrons. The van der Waals surface area contributed by atoms with Crippen molar-refractivity contribution >= 4 is 23.2 Å². The molecule has 0 saturated carbocycles. The van der Waals surface area contributed by atoms with Crippen LogP contribution in [0, 0.1) is 6.92 Å². The first-order valence-corrected chi connectivity index (χ1v) is 10.4. The summed E-state index contributed by atoms with van der Waals surface area (Å²) in [6.07, 6.45) is 1.94. The van der Waals surface area contributed by atoms with Crippen LogP contribution in [0.5, 0.6) is 0 Å². The number of carbonyl (C=O) groups is 2. The number of hydrogen-bond acceptors (Lipinski definition) is 4. The highest BCUT2D eigenvalue weighted by Gasteiger charge is 2.32. The molecular formula is C21H27N3O2S. The standard InChI is InChI=1S/C21H27N3O2S/c1-4-17-14-23(21(26)20-18(5-2)22-15(3)27-20)12-11-19(25)24(17)13-16-9-7-6-8-10-16/h6-10,17H,4-5,11-14H2,1-3H3/t17-/m1/s1. The maximum Gasteiger partial charge on any atom is 0.265 e. The van der Waals surface area contributed by atoms with Gasteiger partial charge in [-0.2, -0.15) is 0 Å². The molecule has 6 heteroatoms. The first-order valence-electron chi connectivity index (χ1n) is 9.62. The molecule has 3 rings (SSSR count). The van der Waals surface area contributed by atoms with Gasteiger partial charge in [-0.1, -0.05) is 44.2 Å². The molecule has 0 N–H and O–H groups in total. The van der Waals surface area contributed by atoms with E-state index in [4.69, 9.17) is 0 Å². The number of thiazole rings is 1. The second kappa shape index (κ2) is 8.65. The molecule has 0 aliphatic carbocycles. The third-order valence-electron chi connectivity index (χ3n) is 5.08. The molecule has 1 aromatic heterocycles. The molecule has 2 amide bonds. The van der Waals surface area contributed by atoms with Gasteiger partial charge in [-0.3, -0.25) is 9.59 Å². The van der Waals surface area contributed by atoms with Gasteiger partial charge in [-0.15, -0.1) is 11.3 Å². The number of carbonyl (C=O) groups excluding carboxylic acids is 2. The molecule has 1 aliphatic rings. The Morgan fingerprint density at radius 3 is 2.67 bits per heavy atom. The zero-order valence-electron chi connectivity index (χ0n) is 16.3. The van der Waals surface area contributed by atoms with E-state index in [0.29, 0.717) is 26.1 Å².